The van der Waals surface area contributed by atoms with Gasteiger partial charge in [-0.2, -0.15) is 0 Å². The van der Waals surface area contributed by atoms with Gasteiger partial charge in [0.1, 0.15) is 11.5 Å². The second-order valence-corrected chi connectivity index (χ2v) is 8.66. The fourth-order valence-corrected chi connectivity index (χ4v) is 4.33. The fraction of sp³-hybridized carbons (Fsp3) is 0.478. The number of nitrogens with one attached hydrogen (secondary N) is 3. The third-order valence-electron chi connectivity index (χ3n) is 5.11. The van der Waals surface area contributed by atoms with Crippen molar-refractivity contribution < 1.29 is 9.47 Å². The number of aliphatic imine (C=N–C) groups is 1. The van der Waals surface area contributed by atoms with E-state index in [0.29, 0.717) is 0 Å². The number of rotatable bonds is 10. The van der Waals surface area contributed by atoms with Crippen molar-refractivity contribution in [1.29, 1.82) is 0 Å². The molecule has 0 aliphatic carbocycles. The third kappa shape index (κ3) is 6.13. The normalized spacial score (nSPS) is 11.7. The molecular formula is C23H33N5O2S. The van der Waals surface area contributed by atoms with Crippen molar-refractivity contribution in [3.8, 4) is 11.5 Å². The van der Waals surface area contributed by atoms with Crippen LogP contribution in [0.4, 0.5) is 0 Å². The first-order valence-electron chi connectivity index (χ1n) is 10.7. The molecule has 0 spiro atoms. The van der Waals surface area contributed by atoms with E-state index in [0.717, 1.165) is 73.0 Å². The summed E-state index contributed by atoms with van der Waals surface area (Å²) >= 11 is 1.77. The number of H-pyrrole nitrogens is 1. The highest BCUT2D eigenvalue weighted by atomic mass is 32.1. The largest absolute Gasteiger partial charge is 0.497 e. The Bertz CT molecular complexity index is 1010. The van der Waals surface area contributed by atoms with Crippen LogP contribution in [0.1, 0.15) is 34.6 Å². The van der Waals surface area contributed by atoms with Gasteiger partial charge in [0.25, 0.3) is 0 Å². The van der Waals surface area contributed by atoms with Crippen LogP contribution in [0.5, 0.6) is 11.5 Å². The van der Waals surface area contributed by atoms with Gasteiger partial charge < -0.3 is 25.1 Å². The Morgan fingerprint density at radius 2 is 1.97 bits per heavy atom. The molecule has 2 aromatic heterocycles. The van der Waals surface area contributed by atoms with Gasteiger partial charge in [0.05, 0.1) is 30.4 Å². The van der Waals surface area contributed by atoms with Crippen molar-refractivity contribution in [2.75, 3.05) is 33.9 Å². The van der Waals surface area contributed by atoms with Crippen molar-refractivity contribution in [3.05, 3.63) is 39.5 Å². The molecule has 0 aliphatic rings. The smallest absolute Gasteiger partial charge is 0.191 e. The van der Waals surface area contributed by atoms with Gasteiger partial charge in [-0.05, 0) is 39.7 Å². The number of methoxy groups -OCH3 is 2. The van der Waals surface area contributed by atoms with Crippen LogP contribution in [0.15, 0.2) is 23.2 Å². The molecule has 3 rings (SSSR count). The Hall–Kier alpha value is -2.74. The van der Waals surface area contributed by atoms with Crippen LogP contribution in [0, 0.1) is 13.8 Å². The highest BCUT2D eigenvalue weighted by Gasteiger charge is 2.09. The van der Waals surface area contributed by atoms with Gasteiger partial charge in [0.2, 0.25) is 0 Å². The quantitative estimate of drug-likeness (QED) is 0.251. The number of aromatic nitrogens is 2. The SMILES string of the molecule is CCNC(=NCCCc1cc2c(OC)cc(OC)cc2[nH]1)NCCc1nc(C)c(C)s1. The zero-order chi connectivity index (χ0) is 22.2. The Morgan fingerprint density at radius 3 is 2.65 bits per heavy atom. The number of aryl methyl sites for hydroxylation is 3. The first kappa shape index (κ1) is 22.9. The topological polar surface area (TPSA) is 83.6 Å². The molecule has 1 aromatic carbocycles. The molecule has 0 radical (unpaired) electrons. The summed E-state index contributed by atoms with van der Waals surface area (Å²) in [6.07, 6.45) is 2.78. The van der Waals surface area contributed by atoms with Gasteiger partial charge in [-0.1, -0.05) is 0 Å². The molecule has 3 aromatic rings. The average molecular weight is 444 g/mol. The van der Waals surface area contributed by atoms with Crippen LogP contribution in [-0.4, -0.2) is 49.8 Å². The molecule has 0 unspecified atom stereocenters. The minimum Gasteiger partial charge on any atom is -0.497 e. The van der Waals surface area contributed by atoms with E-state index in [1.807, 2.05) is 12.1 Å². The maximum atomic E-state index is 5.50. The summed E-state index contributed by atoms with van der Waals surface area (Å²) in [5.41, 5.74) is 3.33. The second kappa shape index (κ2) is 11.0. The van der Waals surface area contributed by atoms with Gasteiger partial charge in [-0.15, -0.1) is 11.3 Å². The first-order chi connectivity index (χ1) is 15.0. The molecule has 0 aliphatic heterocycles. The number of thiazole rings is 1. The number of ether oxygens (including phenoxy) is 2. The average Bonchev–Trinajstić information content (AvgIpc) is 3.32. The van der Waals surface area contributed by atoms with Gasteiger partial charge in [-0.25, -0.2) is 4.98 Å². The lowest BCUT2D eigenvalue weighted by atomic mass is 10.2. The van der Waals surface area contributed by atoms with Gasteiger partial charge in [0.15, 0.2) is 5.96 Å². The molecule has 168 valence electrons. The summed E-state index contributed by atoms with van der Waals surface area (Å²) in [7, 11) is 3.35. The lowest BCUT2D eigenvalue weighted by Gasteiger charge is -2.10. The third-order valence-corrected chi connectivity index (χ3v) is 6.24. The van der Waals surface area contributed by atoms with Crippen LogP contribution in [0.3, 0.4) is 0 Å². The van der Waals surface area contributed by atoms with Crippen molar-refractivity contribution in [3.63, 3.8) is 0 Å². The fourth-order valence-electron chi connectivity index (χ4n) is 3.39. The van der Waals surface area contributed by atoms with Crippen molar-refractivity contribution in [2.45, 2.75) is 40.0 Å². The van der Waals surface area contributed by atoms with Crippen LogP contribution >= 0.6 is 11.3 Å². The number of hydrogen-bond acceptors (Lipinski definition) is 5. The van der Waals surface area contributed by atoms with E-state index in [4.69, 9.17) is 14.5 Å². The summed E-state index contributed by atoms with van der Waals surface area (Å²) in [6, 6.07) is 6.06. The van der Waals surface area contributed by atoms with Crippen LogP contribution in [0.2, 0.25) is 0 Å². The Balaban J connectivity index is 1.52. The number of aromatic amines is 1. The number of nitrogens with zero attached hydrogens (tertiary/aromatic N) is 2. The van der Waals surface area contributed by atoms with Crippen molar-refractivity contribution >= 4 is 28.2 Å². The molecule has 8 heteroatoms. The van der Waals surface area contributed by atoms with E-state index in [1.165, 1.54) is 15.6 Å². The van der Waals surface area contributed by atoms with Crippen molar-refractivity contribution in [1.82, 2.24) is 20.6 Å². The highest BCUT2D eigenvalue weighted by molar-refractivity contribution is 7.11. The van der Waals surface area contributed by atoms with Crippen LogP contribution in [0.25, 0.3) is 10.9 Å². The highest BCUT2D eigenvalue weighted by Crippen LogP contribution is 2.31. The molecular weight excluding hydrogens is 410 g/mol. The monoisotopic (exact) mass is 443 g/mol. The Labute approximate surface area is 188 Å². The molecule has 2 heterocycles. The van der Waals surface area contributed by atoms with E-state index < -0.39 is 0 Å². The van der Waals surface area contributed by atoms with Gasteiger partial charge >= 0.3 is 0 Å². The van der Waals surface area contributed by atoms with E-state index in [9.17, 15) is 0 Å². The minimum atomic E-state index is 0.751. The summed E-state index contributed by atoms with van der Waals surface area (Å²) in [5.74, 6) is 2.46. The molecule has 0 saturated heterocycles. The molecule has 0 saturated carbocycles. The zero-order valence-electron chi connectivity index (χ0n) is 19.1. The number of guanidine groups is 1. The molecule has 0 fully saturated rings. The predicted octanol–water partition coefficient (Wildman–Crippen LogP) is 3.99. The summed E-state index contributed by atoms with van der Waals surface area (Å²) in [6.45, 7) is 8.67. The van der Waals surface area contributed by atoms with E-state index in [2.05, 4.69) is 47.4 Å². The van der Waals surface area contributed by atoms with E-state index in [1.54, 1.807) is 25.6 Å². The standard InChI is InChI=1S/C23H33N5O2S/c1-6-24-23(26-11-9-22-27-15(2)16(3)31-22)25-10-7-8-17-12-19-20(28-17)13-18(29-4)14-21(19)30-5/h12-14,28H,6-11H2,1-5H3,(H2,24,25,26). The van der Waals surface area contributed by atoms with E-state index in [-0.39, 0.29) is 0 Å². The Kier molecular flexibility index (Phi) is 8.17. The maximum absolute atomic E-state index is 5.50. The molecule has 0 bridgehead atoms. The summed E-state index contributed by atoms with van der Waals surface area (Å²) in [4.78, 5) is 14.1. The lowest BCUT2D eigenvalue weighted by molar-refractivity contribution is 0.398. The molecule has 31 heavy (non-hydrogen) atoms. The number of fused-ring (bicyclic) bond motifs is 1. The molecule has 0 amide bonds. The summed E-state index contributed by atoms with van der Waals surface area (Å²) < 4.78 is 10.9. The van der Waals surface area contributed by atoms with Crippen molar-refractivity contribution in [2.24, 2.45) is 4.99 Å². The van der Waals surface area contributed by atoms with Gasteiger partial charge in [-0.3, -0.25) is 4.99 Å². The number of benzene rings is 1. The molecule has 0 atom stereocenters. The van der Waals surface area contributed by atoms with Crippen LogP contribution in [-0.2, 0) is 12.8 Å². The zero-order valence-corrected chi connectivity index (χ0v) is 19.9. The van der Waals surface area contributed by atoms with Crippen LogP contribution < -0.4 is 20.1 Å². The second-order valence-electron chi connectivity index (χ2n) is 7.38. The first-order valence-corrected chi connectivity index (χ1v) is 11.5. The van der Waals surface area contributed by atoms with E-state index >= 15 is 0 Å². The number of hydrogen-bond donors (Lipinski definition) is 3. The predicted molar refractivity (Wildman–Crippen MR) is 129 cm³/mol. The lowest BCUT2D eigenvalue weighted by Crippen LogP contribution is -2.38. The maximum Gasteiger partial charge on any atom is 0.191 e. The molecule has 7 nitrogen and oxygen atoms in total. The molecule has 3 N–H and O–H groups in total. The summed E-state index contributed by atoms with van der Waals surface area (Å²) in [5, 5.41) is 8.97. The van der Waals surface area contributed by atoms with Gasteiger partial charge in [0, 0.05) is 54.1 Å². The minimum absolute atomic E-state index is 0.751. The Morgan fingerprint density at radius 1 is 1.13 bits per heavy atom.